The molecule has 1 spiro atoms. The third-order valence-electron chi connectivity index (χ3n) is 6.26. The van der Waals surface area contributed by atoms with Crippen LogP contribution in [0.1, 0.15) is 63.6 Å². The summed E-state index contributed by atoms with van der Waals surface area (Å²) in [6, 6.07) is 5.48. The first kappa shape index (κ1) is 21.8. The molecular formula is C24H33F2N3O2. The van der Waals surface area contributed by atoms with Crippen molar-refractivity contribution >= 4 is 5.91 Å². The van der Waals surface area contributed by atoms with Crippen molar-refractivity contribution in [2.24, 2.45) is 0 Å². The molecule has 7 heteroatoms. The number of piperidine rings is 1. The average molecular weight is 434 g/mol. The van der Waals surface area contributed by atoms with Crippen molar-refractivity contribution in [1.29, 1.82) is 0 Å². The second-order valence-electron chi connectivity index (χ2n) is 9.80. The second-order valence-corrected chi connectivity index (χ2v) is 9.80. The molecule has 1 saturated heterocycles. The molecule has 1 aromatic carbocycles. The molecule has 0 atom stereocenters. The molecule has 2 aliphatic heterocycles. The summed E-state index contributed by atoms with van der Waals surface area (Å²) in [6.07, 6.45) is 2.37. The molecule has 0 unspecified atom stereocenters. The summed E-state index contributed by atoms with van der Waals surface area (Å²) in [4.78, 5) is 14.9. The van der Waals surface area contributed by atoms with E-state index in [-0.39, 0.29) is 19.0 Å². The third-order valence-corrected chi connectivity index (χ3v) is 6.26. The molecule has 31 heavy (non-hydrogen) atoms. The number of nitrogens with zero attached hydrogens (tertiary/aromatic N) is 2. The number of rotatable bonds is 3. The monoisotopic (exact) mass is 433 g/mol. The Balaban J connectivity index is 0.00000289. The Kier molecular flexibility index (Phi) is 5.36. The number of carbonyl (C=O) groups excluding carboxylic acids is 1. The van der Waals surface area contributed by atoms with Crippen molar-refractivity contribution in [2.75, 3.05) is 13.1 Å². The van der Waals surface area contributed by atoms with Crippen LogP contribution in [-0.2, 0) is 12.1 Å². The highest BCUT2D eigenvalue weighted by atomic mass is 19.2. The molecule has 0 saturated carbocycles. The van der Waals surface area contributed by atoms with Crippen LogP contribution in [0.15, 0.2) is 24.4 Å². The number of ether oxygens (including phenoxy) is 1. The number of likely N-dealkylation sites (tertiary alicyclic amines) is 1. The number of benzene rings is 1. The summed E-state index contributed by atoms with van der Waals surface area (Å²) in [5, 5.41) is 3.57. The van der Waals surface area contributed by atoms with Crippen LogP contribution in [0, 0.1) is 18.6 Å². The van der Waals surface area contributed by atoms with Gasteiger partial charge in [-0.2, -0.15) is 0 Å². The van der Waals surface area contributed by atoms with Crippen LogP contribution in [0.3, 0.4) is 0 Å². The number of nitrogens with one attached hydrogen (secondary N) is 1. The van der Waals surface area contributed by atoms with Gasteiger partial charge in [0.2, 0.25) is 0 Å². The van der Waals surface area contributed by atoms with Crippen molar-refractivity contribution in [3.05, 3.63) is 52.9 Å². The number of carbonyl (C=O) groups is 1. The lowest BCUT2D eigenvalue weighted by Gasteiger charge is -2.50. The van der Waals surface area contributed by atoms with Crippen LogP contribution in [0.5, 0.6) is 5.75 Å². The highest BCUT2D eigenvalue weighted by Crippen LogP contribution is 2.41. The van der Waals surface area contributed by atoms with Crippen molar-refractivity contribution in [2.45, 2.75) is 71.2 Å². The fourth-order valence-electron chi connectivity index (χ4n) is 5.08. The molecule has 4 rings (SSSR count). The Morgan fingerprint density at radius 3 is 2.52 bits per heavy atom. The van der Waals surface area contributed by atoms with Gasteiger partial charge < -0.3 is 14.2 Å². The molecule has 2 aromatic rings. The molecule has 5 nitrogen and oxygen atoms in total. The summed E-state index contributed by atoms with van der Waals surface area (Å²) < 4.78 is 36.2. The predicted octanol–water partition coefficient (Wildman–Crippen LogP) is 4.62. The molecule has 170 valence electrons. The molecular weight excluding hydrogens is 400 g/mol. The van der Waals surface area contributed by atoms with Gasteiger partial charge in [-0.25, -0.2) is 8.78 Å². The zero-order chi connectivity index (χ0) is 22.6. The maximum atomic E-state index is 14.7. The number of fused-ring (bicyclic) bond motifs is 2. The zero-order valence-corrected chi connectivity index (χ0v) is 18.9. The smallest absolute Gasteiger partial charge is 0.253 e. The van der Waals surface area contributed by atoms with Crippen LogP contribution in [0.2, 0.25) is 0 Å². The van der Waals surface area contributed by atoms with Crippen LogP contribution < -0.4 is 10.1 Å². The van der Waals surface area contributed by atoms with Crippen molar-refractivity contribution in [3.8, 4) is 5.75 Å². The van der Waals surface area contributed by atoms with Crippen LogP contribution >= 0.6 is 0 Å². The number of aromatic nitrogens is 1. The first-order valence-electron chi connectivity index (χ1n) is 10.9. The van der Waals surface area contributed by atoms with Gasteiger partial charge in [-0.15, -0.1) is 0 Å². The minimum absolute atomic E-state index is 0. The fourth-order valence-corrected chi connectivity index (χ4v) is 5.08. The second kappa shape index (κ2) is 7.62. The van der Waals surface area contributed by atoms with Gasteiger partial charge in [0.15, 0.2) is 11.6 Å². The van der Waals surface area contributed by atoms with E-state index in [0.29, 0.717) is 43.7 Å². The van der Waals surface area contributed by atoms with Crippen molar-refractivity contribution in [1.82, 2.24) is 14.8 Å². The lowest BCUT2D eigenvalue weighted by molar-refractivity contribution is 0.0509. The first-order valence-corrected chi connectivity index (χ1v) is 10.9. The Morgan fingerprint density at radius 1 is 1.23 bits per heavy atom. The standard InChI is InChI=1S/C24H31F2N3O2.H2/c1-15(2)31-19-7-6-17(12-16(19)3)22(30)28-10-8-24(9-11-28)21-20(26)18(25)13-29(21)14-23(4,5)27-24;/h6-7,12-13,15,27H,8-11,14H2,1-5H3;1H. The molecule has 1 amide bonds. The van der Waals surface area contributed by atoms with E-state index in [4.69, 9.17) is 4.74 Å². The zero-order valence-electron chi connectivity index (χ0n) is 18.9. The lowest BCUT2D eigenvalue weighted by Crippen LogP contribution is -2.63. The Morgan fingerprint density at radius 2 is 1.90 bits per heavy atom. The van der Waals surface area contributed by atoms with E-state index in [1.165, 1.54) is 6.20 Å². The molecule has 2 aliphatic rings. The largest absolute Gasteiger partial charge is 0.491 e. The fraction of sp³-hybridized carbons (Fsp3) is 0.542. The van der Waals surface area contributed by atoms with E-state index < -0.39 is 17.2 Å². The Labute approximate surface area is 183 Å². The van der Waals surface area contributed by atoms with E-state index in [1.54, 1.807) is 15.5 Å². The minimum Gasteiger partial charge on any atom is -0.491 e. The molecule has 0 bridgehead atoms. The van der Waals surface area contributed by atoms with Gasteiger partial charge in [0.05, 0.1) is 17.3 Å². The summed E-state index contributed by atoms with van der Waals surface area (Å²) in [7, 11) is 0. The quantitative estimate of drug-likeness (QED) is 0.768. The van der Waals surface area contributed by atoms with Gasteiger partial charge in [0.1, 0.15) is 5.75 Å². The molecule has 1 fully saturated rings. The molecule has 0 aliphatic carbocycles. The van der Waals surface area contributed by atoms with Gasteiger partial charge in [-0.1, -0.05) is 0 Å². The summed E-state index contributed by atoms with van der Waals surface area (Å²) in [6.45, 7) is 11.4. The van der Waals surface area contributed by atoms with Gasteiger partial charge in [-0.3, -0.25) is 10.1 Å². The van der Waals surface area contributed by atoms with E-state index in [2.05, 4.69) is 5.32 Å². The molecule has 3 heterocycles. The molecule has 1 N–H and O–H groups in total. The number of hydrogen-bond donors (Lipinski definition) is 1. The number of halogens is 2. The molecule has 1 aromatic heterocycles. The number of hydrogen-bond acceptors (Lipinski definition) is 3. The van der Waals surface area contributed by atoms with E-state index in [0.717, 1.165) is 11.3 Å². The first-order chi connectivity index (χ1) is 14.5. The van der Waals surface area contributed by atoms with Gasteiger partial charge in [0, 0.05) is 38.4 Å². The van der Waals surface area contributed by atoms with Gasteiger partial charge in [-0.05, 0) is 71.2 Å². The normalized spacial score (nSPS) is 19.5. The van der Waals surface area contributed by atoms with E-state index >= 15 is 0 Å². The maximum absolute atomic E-state index is 14.7. The number of aryl methyl sites for hydroxylation is 1. The average Bonchev–Trinajstić information content (AvgIpc) is 2.96. The SMILES string of the molecule is Cc1cc(C(=O)N2CCC3(CC2)NC(C)(C)Cn2cc(F)c(F)c23)ccc1OC(C)C.[HH]. The number of amides is 1. The van der Waals surface area contributed by atoms with Crippen molar-refractivity contribution in [3.63, 3.8) is 0 Å². The lowest BCUT2D eigenvalue weighted by atomic mass is 9.79. The summed E-state index contributed by atoms with van der Waals surface area (Å²) in [5.74, 6) is -0.868. The Bertz CT molecular complexity index is 1010. The molecule has 0 radical (unpaired) electrons. The highest BCUT2D eigenvalue weighted by molar-refractivity contribution is 5.94. The minimum atomic E-state index is -0.813. The predicted molar refractivity (Wildman–Crippen MR) is 117 cm³/mol. The summed E-state index contributed by atoms with van der Waals surface area (Å²) in [5.41, 5.74) is 0.918. The maximum Gasteiger partial charge on any atom is 0.253 e. The van der Waals surface area contributed by atoms with Crippen LogP contribution in [0.4, 0.5) is 8.78 Å². The van der Waals surface area contributed by atoms with Gasteiger partial charge in [0.25, 0.3) is 5.91 Å². The van der Waals surface area contributed by atoms with Gasteiger partial charge >= 0.3 is 0 Å². The van der Waals surface area contributed by atoms with Crippen LogP contribution in [-0.4, -0.2) is 40.1 Å². The Hall–Kier alpha value is -2.41. The van der Waals surface area contributed by atoms with E-state index in [9.17, 15) is 13.6 Å². The summed E-state index contributed by atoms with van der Waals surface area (Å²) >= 11 is 0. The van der Waals surface area contributed by atoms with Crippen molar-refractivity contribution < 1.29 is 19.7 Å². The highest BCUT2D eigenvalue weighted by Gasteiger charge is 2.48. The van der Waals surface area contributed by atoms with E-state index in [1.807, 2.05) is 46.8 Å². The topological polar surface area (TPSA) is 46.5 Å². The third kappa shape index (κ3) is 3.95. The van der Waals surface area contributed by atoms with Crippen LogP contribution in [0.25, 0.3) is 0 Å².